The average Bonchev–Trinajstić information content (AvgIpc) is 1.58. The van der Waals surface area contributed by atoms with Crippen LogP contribution in [-0.2, 0) is 0 Å². The van der Waals surface area contributed by atoms with Crippen molar-refractivity contribution in [1.82, 2.24) is 0 Å². The first-order valence-corrected chi connectivity index (χ1v) is 7.90. The van der Waals surface area contributed by atoms with Gasteiger partial charge in [0.2, 0.25) is 0 Å². The summed E-state index contributed by atoms with van der Waals surface area (Å²) in [6.07, 6.45) is 0. The topological polar surface area (TPSA) is 0 Å². The first kappa shape index (κ1) is 11.8. The lowest BCUT2D eigenvalue weighted by molar-refractivity contribution is 0.652. The van der Waals surface area contributed by atoms with E-state index >= 15 is 0 Å². The Bertz CT molecular complexity index is 123. The van der Waals surface area contributed by atoms with E-state index in [1.807, 2.05) is 0 Å². The first-order valence-electron chi connectivity index (χ1n) is 3.88. The molecule has 0 heterocycles. The summed E-state index contributed by atoms with van der Waals surface area (Å²) < 4.78 is 0. The van der Waals surface area contributed by atoms with Gasteiger partial charge in [-0.2, -0.15) is 0 Å². The van der Waals surface area contributed by atoms with E-state index in [1.54, 1.807) is 0 Å². The molecule has 0 aromatic rings. The molecule has 0 aliphatic rings. The first-order chi connectivity index (χ1) is 4.50. The highest BCUT2D eigenvalue weighted by Gasteiger charge is 2.51. The van der Waals surface area contributed by atoms with Gasteiger partial charge in [0.25, 0.3) is 6.69 Å². The Balaban J connectivity index is 4.75. The fraction of sp³-hybridized carbons (Fsp3) is 1.00. The molecule has 0 fully saturated rings. The van der Waals surface area contributed by atoms with Crippen LogP contribution < -0.4 is 0 Å². The predicted octanol–water partition coefficient (Wildman–Crippen LogP) is 4.51. The molecule has 0 spiro atoms. The molecule has 0 atom stereocenters. The minimum absolute atomic E-state index is 0.0500. The van der Waals surface area contributed by atoms with Crippen molar-refractivity contribution in [3.63, 3.8) is 0 Å². The van der Waals surface area contributed by atoms with E-state index in [2.05, 4.69) is 41.5 Å². The van der Waals surface area contributed by atoms with Crippen molar-refractivity contribution in [2.45, 2.75) is 51.6 Å². The zero-order valence-corrected chi connectivity index (χ0v) is 10.8. The second-order valence-corrected chi connectivity index (χ2v) is 13.2. The summed E-state index contributed by atoms with van der Waals surface area (Å²) in [6.45, 7) is 10.5. The van der Waals surface area contributed by atoms with Gasteiger partial charge >= 0.3 is 0 Å². The molecule has 0 aliphatic heterocycles. The number of halogens is 2. The smallest absolute Gasteiger partial charge is 0.145 e. The summed E-state index contributed by atoms with van der Waals surface area (Å²) in [4.78, 5) is 0. The van der Waals surface area contributed by atoms with Gasteiger partial charge < -0.3 is 0 Å². The van der Waals surface area contributed by atoms with Gasteiger partial charge in [-0.05, 0) is 10.1 Å². The van der Waals surface area contributed by atoms with Gasteiger partial charge in [0.05, 0.1) is 0 Å². The van der Waals surface area contributed by atoms with Gasteiger partial charge in [0.1, 0.15) is 0 Å². The summed E-state index contributed by atoms with van der Waals surface area (Å²) in [6, 6.07) is 0. The maximum atomic E-state index is 6.39. The van der Waals surface area contributed by atoms with Crippen LogP contribution in [0.3, 0.4) is 0 Å². The van der Waals surface area contributed by atoms with Crippen molar-refractivity contribution in [2.24, 2.45) is 0 Å². The molecule has 0 saturated heterocycles. The molecule has 0 radical (unpaired) electrons. The maximum absolute atomic E-state index is 6.39. The Morgan fingerprint density at radius 3 is 0.909 bits per heavy atom. The van der Waals surface area contributed by atoms with Gasteiger partial charge in [-0.3, -0.25) is 0 Å². The molecule has 0 nitrogen and oxygen atoms in total. The average molecular weight is 213 g/mol. The second-order valence-electron chi connectivity index (χ2n) is 5.07. The Morgan fingerprint density at radius 1 is 0.727 bits per heavy atom. The van der Waals surface area contributed by atoms with Crippen LogP contribution in [0.15, 0.2) is 0 Å². The zero-order chi connectivity index (χ0) is 9.50. The van der Waals surface area contributed by atoms with Crippen LogP contribution in [0.4, 0.5) is 0 Å². The molecular weight excluding hydrogens is 195 g/mol. The van der Waals surface area contributed by atoms with Crippen molar-refractivity contribution in [3.8, 4) is 0 Å². The van der Waals surface area contributed by atoms with Crippen LogP contribution in [-0.4, -0.2) is 6.69 Å². The third-order valence-electron chi connectivity index (χ3n) is 1.88. The molecule has 0 rings (SSSR count). The van der Waals surface area contributed by atoms with E-state index in [0.717, 1.165) is 0 Å². The molecule has 68 valence electrons. The minimum atomic E-state index is -2.16. The number of hydrogen-bond donors (Lipinski definition) is 0. The van der Waals surface area contributed by atoms with E-state index in [9.17, 15) is 0 Å². The molecule has 3 heteroatoms. The third kappa shape index (κ3) is 2.36. The Kier molecular flexibility index (Phi) is 3.15. The van der Waals surface area contributed by atoms with Gasteiger partial charge in [-0.1, -0.05) is 41.5 Å². The molecule has 0 aromatic carbocycles. The van der Waals surface area contributed by atoms with Crippen LogP contribution in [0.2, 0.25) is 10.1 Å². The quantitative estimate of drug-likeness (QED) is 0.410. The third-order valence-corrected chi connectivity index (χ3v) is 12.5. The van der Waals surface area contributed by atoms with Gasteiger partial charge in [-0.15, -0.1) is 22.2 Å². The monoisotopic (exact) mass is 212 g/mol. The van der Waals surface area contributed by atoms with Crippen molar-refractivity contribution in [2.75, 3.05) is 0 Å². The summed E-state index contributed by atoms with van der Waals surface area (Å²) in [7, 11) is 0. The molecule has 0 amide bonds. The molecule has 0 aliphatic carbocycles. The van der Waals surface area contributed by atoms with Crippen LogP contribution in [0.5, 0.6) is 0 Å². The SMILES string of the molecule is CC(C)(C)[Si](Cl)(Cl)C(C)(C)C. The summed E-state index contributed by atoms with van der Waals surface area (Å²) in [5, 5.41) is 0.0999. The molecule has 0 unspecified atom stereocenters. The van der Waals surface area contributed by atoms with E-state index in [4.69, 9.17) is 22.2 Å². The summed E-state index contributed by atoms with van der Waals surface area (Å²) >= 11 is 12.8. The Morgan fingerprint density at radius 2 is 0.909 bits per heavy atom. The Labute approximate surface area is 80.7 Å². The van der Waals surface area contributed by atoms with E-state index in [1.165, 1.54) is 0 Å². The summed E-state index contributed by atoms with van der Waals surface area (Å²) in [5.74, 6) is 0. The van der Waals surface area contributed by atoms with Crippen molar-refractivity contribution >= 4 is 28.9 Å². The molecule has 0 bridgehead atoms. The molecule has 0 N–H and O–H groups in total. The lowest BCUT2D eigenvalue weighted by Crippen LogP contribution is -2.41. The lowest BCUT2D eigenvalue weighted by atomic mass is 10.2. The standard InChI is InChI=1S/C8H18Cl2Si/c1-7(2,3)11(9,10)8(4,5)6/h1-6H3. The molecular formula is C8H18Cl2Si. The van der Waals surface area contributed by atoms with Gasteiger partial charge in [0.15, 0.2) is 0 Å². The Hall–Kier alpha value is 0.797. The van der Waals surface area contributed by atoms with Gasteiger partial charge in [0, 0.05) is 0 Å². The molecule has 0 aromatic heterocycles. The highest BCUT2D eigenvalue weighted by molar-refractivity contribution is 7.47. The molecule has 0 saturated carbocycles. The summed E-state index contributed by atoms with van der Waals surface area (Å²) in [5.41, 5.74) is 0. The van der Waals surface area contributed by atoms with E-state index in [-0.39, 0.29) is 10.1 Å². The van der Waals surface area contributed by atoms with Gasteiger partial charge in [-0.25, -0.2) is 0 Å². The van der Waals surface area contributed by atoms with Crippen molar-refractivity contribution < 1.29 is 0 Å². The maximum Gasteiger partial charge on any atom is 0.261 e. The highest BCUT2D eigenvalue weighted by Crippen LogP contribution is 2.55. The predicted molar refractivity (Wildman–Crippen MR) is 56.9 cm³/mol. The lowest BCUT2D eigenvalue weighted by Gasteiger charge is -2.41. The fourth-order valence-corrected chi connectivity index (χ4v) is 3.38. The van der Waals surface area contributed by atoms with Crippen LogP contribution in [0.25, 0.3) is 0 Å². The largest absolute Gasteiger partial charge is 0.261 e. The number of rotatable bonds is 0. The zero-order valence-electron chi connectivity index (χ0n) is 8.26. The molecule has 11 heavy (non-hydrogen) atoms. The van der Waals surface area contributed by atoms with Crippen molar-refractivity contribution in [1.29, 1.82) is 0 Å². The van der Waals surface area contributed by atoms with E-state index in [0.29, 0.717) is 0 Å². The van der Waals surface area contributed by atoms with E-state index < -0.39 is 6.69 Å². The second kappa shape index (κ2) is 2.93. The van der Waals surface area contributed by atoms with Crippen LogP contribution in [0.1, 0.15) is 41.5 Å². The minimum Gasteiger partial charge on any atom is -0.145 e. The van der Waals surface area contributed by atoms with Crippen LogP contribution in [0, 0.1) is 0 Å². The normalized spacial score (nSPS) is 15.3. The van der Waals surface area contributed by atoms with Crippen LogP contribution >= 0.6 is 22.2 Å². The highest BCUT2D eigenvalue weighted by atomic mass is 35.7. The fourth-order valence-electron chi connectivity index (χ4n) is 1.12. The number of hydrogen-bond acceptors (Lipinski definition) is 0. The van der Waals surface area contributed by atoms with Crippen molar-refractivity contribution in [3.05, 3.63) is 0 Å².